The molecule has 158 valence electrons. The Morgan fingerprint density at radius 2 is 1.93 bits per heavy atom. The Morgan fingerprint density at radius 3 is 2.57 bits per heavy atom. The first-order valence-electron chi connectivity index (χ1n) is 9.53. The van der Waals surface area contributed by atoms with E-state index in [1.807, 2.05) is 38.1 Å². The maximum atomic E-state index is 11.7. The first kappa shape index (κ1) is 24.4. The highest BCUT2D eigenvalue weighted by molar-refractivity contribution is 14.0. The number of urea groups is 1. The summed E-state index contributed by atoms with van der Waals surface area (Å²) in [5.41, 5.74) is 7.70. The van der Waals surface area contributed by atoms with E-state index in [9.17, 15) is 4.79 Å². The molecule has 0 unspecified atom stereocenters. The second kappa shape index (κ2) is 13.6. The van der Waals surface area contributed by atoms with Crippen LogP contribution < -0.4 is 21.7 Å². The van der Waals surface area contributed by atoms with Gasteiger partial charge in [-0.15, -0.1) is 24.0 Å². The van der Waals surface area contributed by atoms with Gasteiger partial charge in [-0.25, -0.2) is 9.79 Å². The van der Waals surface area contributed by atoms with Crippen LogP contribution in [-0.4, -0.2) is 62.3 Å². The quantitative estimate of drug-likeness (QED) is 0.188. The van der Waals surface area contributed by atoms with Crippen LogP contribution in [0.15, 0.2) is 29.3 Å². The Balaban J connectivity index is 0.00000392. The average Bonchev–Trinajstić information content (AvgIpc) is 2.65. The van der Waals surface area contributed by atoms with Crippen molar-refractivity contribution in [3.05, 3.63) is 29.8 Å². The van der Waals surface area contributed by atoms with Crippen LogP contribution in [0.4, 0.5) is 10.5 Å². The zero-order valence-corrected chi connectivity index (χ0v) is 19.1. The van der Waals surface area contributed by atoms with Crippen molar-refractivity contribution in [1.29, 1.82) is 0 Å². The Morgan fingerprint density at radius 1 is 1.25 bits per heavy atom. The molecular formula is C19H33IN6O2. The topological polar surface area (TPSA) is 104 Å². The molecule has 1 aliphatic rings. The Kier molecular flexibility index (Phi) is 11.8. The number of halogens is 1. The van der Waals surface area contributed by atoms with E-state index >= 15 is 0 Å². The van der Waals surface area contributed by atoms with E-state index in [-0.39, 0.29) is 36.0 Å². The van der Waals surface area contributed by atoms with Crippen LogP contribution in [0.25, 0.3) is 0 Å². The summed E-state index contributed by atoms with van der Waals surface area (Å²) >= 11 is 0. The number of carbonyl (C=O) groups excluding carboxylic acids is 1. The van der Waals surface area contributed by atoms with Gasteiger partial charge >= 0.3 is 6.03 Å². The zero-order valence-electron chi connectivity index (χ0n) is 16.7. The highest BCUT2D eigenvalue weighted by Crippen LogP contribution is 2.10. The number of hydrogen-bond donors (Lipinski definition) is 4. The number of ether oxygens (including phenoxy) is 1. The Labute approximate surface area is 184 Å². The molecule has 0 bridgehead atoms. The van der Waals surface area contributed by atoms with Gasteiger partial charge in [-0.3, -0.25) is 4.90 Å². The van der Waals surface area contributed by atoms with E-state index in [0.29, 0.717) is 12.5 Å². The van der Waals surface area contributed by atoms with Gasteiger partial charge in [-0.2, -0.15) is 0 Å². The number of hydrogen-bond acceptors (Lipinski definition) is 4. The van der Waals surface area contributed by atoms with E-state index < -0.39 is 0 Å². The first-order chi connectivity index (χ1) is 13.0. The summed E-state index contributed by atoms with van der Waals surface area (Å²) in [4.78, 5) is 18.4. The predicted molar refractivity (Wildman–Crippen MR) is 124 cm³/mol. The van der Waals surface area contributed by atoms with Crippen molar-refractivity contribution in [3.8, 4) is 0 Å². The summed E-state index contributed by atoms with van der Waals surface area (Å²) in [6, 6.07) is 7.47. The van der Waals surface area contributed by atoms with Crippen LogP contribution >= 0.6 is 24.0 Å². The maximum absolute atomic E-state index is 11.7. The third-order valence-electron chi connectivity index (χ3n) is 4.12. The molecule has 1 aromatic carbocycles. The van der Waals surface area contributed by atoms with Gasteiger partial charge in [0.05, 0.1) is 19.8 Å². The van der Waals surface area contributed by atoms with Crippen LogP contribution in [-0.2, 0) is 11.3 Å². The molecule has 1 heterocycles. The molecule has 8 nitrogen and oxygen atoms in total. The van der Waals surface area contributed by atoms with E-state index in [1.54, 1.807) is 0 Å². The molecule has 0 radical (unpaired) electrons. The molecule has 2 amide bonds. The van der Waals surface area contributed by atoms with Crippen molar-refractivity contribution in [1.82, 2.24) is 15.5 Å². The number of nitrogens with zero attached hydrogens (tertiary/aromatic N) is 2. The molecule has 2 rings (SSSR count). The zero-order chi connectivity index (χ0) is 19.5. The fourth-order valence-electron chi connectivity index (χ4n) is 2.70. The average molecular weight is 504 g/mol. The minimum absolute atomic E-state index is 0. The molecular weight excluding hydrogens is 471 g/mol. The lowest BCUT2D eigenvalue weighted by atomic mass is 10.2. The van der Waals surface area contributed by atoms with Gasteiger partial charge in [0.25, 0.3) is 0 Å². The number of anilines is 1. The SMILES string of the molecule is CC(C)NC(=O)Nc1ccc(CN=C(N)NCCCN2CCOCC2)cc1.I. The van der Waals surface area contributed by atoms with Gasteiger partial charge in [0.15, 0.2) is 5.96 Å². The van der Waals surface area contributed by atoms with Gasteiger partial charge < -0.3 is 26.4 Å². The minimum Gasteiger partial charge on any atom is -0.379 e. The summed E-state index contributed by atoms with van der Waals surface area (Å²) in [5, 5.41) is 8.73. The summed E-state index contributed by atoms with van der Waals surface area (Å²) in [7, 11) is 0. The number of guanidine groups is 1. The van der Waals surface area contributed by atoms with Crippen LogP contribution in [0.5, 0.6) is 0 Å². The van der Waals surface area contributed by atoms with Crippen LogP contribution in [0.1, 0.15) is 25.8 Å². The van der Waals surface area contributed by atoms with Gasteiger partial charge in [0.1, 0.15) is 0 Å². The highest BCUT2D eigenvalue weighted by atomic mass is 127. The maximum Gasteiger partial charge on any atom is 0.319 e. The molecule has 1 saturated heterocycles. The second-order valence-electron chi connectivity index (χ2n) is 6.89. The van der Waals surface area contributed by atoms with Crippen LogP contribution in [0, 0.1) is 0 Å². The largest absolute Gasteiger partial charge is 0.379 e. The highest BCUT2D eigenvalue weighted by Gasteiger charge is 2.09. The van der Waals surface area contributed by atoms with Crippen molar-refractivity contribution in [2.45, 2.75) is 32.9 Å². The normalized spacial score (nSPS) is 15.0. The number of rotatable bonds is 8. The Hall–Kier alpha value is -1.59. The van der Waals surface area contributed by atoms with E-state index in [2.05, 4.69) is 25.8 Å². The summed E-state index contributed by atoms with van der Waals surface area (Å²) in [6.45, 7) is 9.86. The molecule has 0 atom stereocenters. The lowest BCUT2D eigenvalue weighted by molar-refractivity contribution is 0.0376. The Bertz CT molecular complexity index is 603. The molecule has 5 N–H and O–H groups in total. The molecule has 1 aromatic rings. The van der Waals surface area contributed by atoms with E-state index in [1.165, 1.54) is 0 Å². The number of carbonyl (C=O) groups is 1. The molecule has 28 heavy (non-hydrogen) atoms. The predicted octanol–water partition coefficient (Wildman–Crippen LogP) is 1.96. The molecule has 0 spiro atoms. The standard InChI is InChI=1S/C19H32N6O2.HI/c1-15(2)23-19(26)24-17-6-4-16(5-7-17)14-22-18(20)21-8-3-9-25-10-12-27-13-11-25;/h4-7,15H,3,8-14H2,1-2H3,(H3,20,21,22)(H2,23,24,26);1H. The van der Waals surface area contributed by atoms with Crippen molar-refractivity contribution >= 4 is 41.7 Å². The fourth-order valence-corrected chi connectivity index (χ4v) is 2.70. The molecule has 0 saturated carbocycles. The monoisotopic (exact) mass is 504 g/mol. The summed E-state index contributed by atoms with van der Waals surface area (Å²) in [5.74, 6) is 0.454. The van der Waals surface area contributed by atoms with Crippen LogP contribution in [0.2, 0.25) is 0 Å². The molecule has 1 fully saturated rings. The van der Waals surface area contributed by atoms with Crippen molar-refractivity contribution in [3.63, 3.8) is 0 Å². The third kappa shape index (κ3) is 10.1. The number of nitrogens with two attached hydrogens (primary N) is 1. The number of morpholine rings is 1. The molecule has 1 aliphatic heterocycles. The van der Waals surface area contributed by atoms with E-state index in [4.69, 9.17) is 10.5 Å². The van der Waals surface area contributed by atoms with Gasteiger partial charge in [-0.1, -0.05) is 12.1 Å². The summed E-state index contributed by atoms with van der Waals surface area (Å²) in [6.07, 6.45) is 1.02. The lowest BCUT2D eigenvalue weighted by Crippen LogP contribution is -2.39. The number of aliphatic imine (C=N–C) groups is 1. The van der Waals surface area contributed by atoms with Crippen molar-refractivity contribution < 1.29 is 9.53 Å². The van der Waals surface area contributed by atoms with E-state index in [0.717, 1.165) is 57.1 Å². The first-order valence-corrected chi connectivity index (χ1v) is 9.53. The van der Waals surface area contributed by atoms with Crippen LogP contribution in [0.3, 0.4) is 0 Å². The lowest BCUT2D eigenvalue weighted by Gasteiger charge is -2.26. The third-order valence-corrected chi connectivity index (χ3v) is 4.12. The van der Waals surface area contributed by atoms with Crippen molar-refractivity contribution in [2.24, 2.45) is 10.7 Å². The van der Waals surface area contributed by atoms with Crippen molar-refractivity contribution in [2.75, 3.05) is 44.7 Å². The smallest absolute Gasteiger partial charge is 0.319 e. The molecule has 0 aliphatic carbocycles. The van der Waals surface area contributed by atoms with Gasteiger partial charge in [0.2, 0.25) is 0 Å². The number of amides is 2. The number of benzene rings is 1. The number of nitrogens with one attached hydrogen (secondary N) is 3. The fraction of sp³-hybridized carbons (Fsp3) is 0.579. The molecule has 9 heteroatoms. The van der Waals surface area contributed by atoms with Gasteiger partial charge in [0, 0.05) is 31.4 Å². The molecule has 0 aromatic heterocycles. The minimum atomic E-state index is -0.207. The summed E-state index contributed by atoms with van der Waals surface area (Å²) < 4.78 is 5.34. The second-order valence-corrected chi connectivity index (χ2v) is 6.89. The van der Waals surface area contributed by atoms with Gasteiger partial charge in [-0.05, 0) is 44.5 Å².